The van der Waals surface area contributed by atoms with Crippen molar-refractivity contribution in [1.29, 1.82) is 0 Å². The fourth-order valence-electron chi connectivity index (χ4n) is 2.16. The molecule has 6 heteroatoms. The summed E-state index contributed by atoms with van der Waals surface area (Å²) < 4.78 is 24.2. The molecule has 0 radical (unpaired) electrons. The second kappa shape index (κ2) is 5.81. The summed E-state index contributed by atoms with van der Waals surface area (Å²) in [4.78, 5) is 4.26. The Morgan fingerprint density at radius 1 is 1.43 bits per heavy atom. The van der Waals surface area contributed by atoms with E-state index in [2.05, 4.69) is 10.1 Å². The van der Waals surface area contributed by atoms with E-state index in [-0.39, 0.29) is 18.5 Å². The van der Waals surface area contributed by atoms with Crippen molar-refractivity contribution >= 4 is 0 Å². The Hall–Kier alpha value is -1.95. The molecule has 0 aliphatic heterocycles. The summed E-state index contributed by atoms with van der Waals surface area (Å²) in [5, 5.41) is 3.86. The molecule has 0 bridgehead atoms. The third-order valence-electron chi connectivity index (χ3n) is 3.27. The van der Waals surface area contributed by atoms with Gasteiger partial charge in [0.25, 0.3) is 0 Å². The lowest BCUT2D eigenvalue weighted by Gasteiger charge is -2.09. The zero-order chi connectivity index (χ0) is 14.8. The van der Waals surface area contributed by atoms with E-state index in [1.54, 1.807) is 6.07 Å². The summed E-state index contributed by atoms with van der Waals surface area (Å²) in [6, 6.07) is 4.56. The zero-order valence-electron chi connectivity index (χ0n) is 11.9. The van der Waals surface area contributed by atoms with Crippen molar-refractivity contribution in [2.75, 3.05) is 0 Å². The predicted octanol–water partition coefficient (Wildman–Crippen LogP) is 2.55. The van der Waals surface area contributed by atoms with E-state index in [1.165, 1.54) is 12.1 Å². The molecule has 1 aliphatic rings. The fourth-order valence-corrected chi connectivity index (χ4v) is 2.16. The van der Waals surface area contributed by atoms with Crippen LogP contribution in [0.1, 0.15) is 43.0 Å². The summed E-state index contributed by atoms with van der Waals surface area (Å²) in [6.07, 6.45) is 2.81. The lowest BCUT2D eigenvalue weighted by atomic mass is 10.1. The van der Waals surface area contributed by atoms with Crippen LogP contribution in [0.3, 0.4) is 0 Å². The SMILES string of the molecule is CC(N)Cc1cc(F)cc(OCc2noc(C3CC3)n2)c1. The second-order valence-electron chi connectivity index (χ2n) is 5.59. The molecule has 21 heavy (non-hydrogen) atoms. The third kappa shape index (κ3) is 3.78. The minimum absolute atomic E-state index is 0.0297. The molecule has 3 rings (SSSR count). The molecule has 1 unspecified atom stereocenters. The molecule has 1 atom stereocenters. The minimum atomic E-state index is -0.338. The molecule has 0 amide bonds. The fraction of sp³-hybridized carbons (Fsp3) is 0.467. The number of nitrogens with two attached hydrogens (primary N) is 1. The first-order chi connectivity index (χ1) is 10.1. The van der Waals surface area contributed by atoms with E-state index in [4.69, 9.17) is 15.0 Å². The number of hydrogen-bond acceptors (Lipinski definition) is 5. The second-order valence-corrected chi connectivity index (χ2v) is 5.59. The number of halogens is 1. The van der Waals surface area contributed by atoms with Crippen molar-refractivity contribution in [2.24, 2.45) is 5.73 Å². The molecule has 0 spiro atoms. The van der Waals surface area contributed by atoms with Gasteiger partial charge >= 0.3 is 0 Å². The molecular weight excluding hydrogens is 273 g/mol. The smallest absolute Gasteiger partial charge is 0.229 e. The van der Waals surface area contributed by atoms with Gasteiger partial charge in [0.05, 0.1) is 0 Å². The Bertz CT molecular complexity index is 623. The van der Waals surface area contributed by atoms with Crippen molar-refractivity contribution in [3.8, 4) is 5.75 Å². The van der Waals surface area contributed by atoms with E-state index in [1.807, 2.05) is 6.92 Å². The van der Waals surface area contributed by atoms with Gasteiger partial charge in [-0.15, -0.1) is 0 Å². The molecule has 1 saturated carbocycles. The van der Waals surface area contributed by atoms with Crippen molar-refractivity contribution < 1.29 is 13.7 Å². The average molecular weight is 291 g/mol. The number of benzene rings is 1. The number of ether oxygens (including phenoxy) is 1. The summed E-state index contributed by atoms with van der Waals surface area (Å²) in [7, 11) is 0. The number of aromatic nitrogens is 2. The lowest BCUT2D eigenvalue weighted by Crippen LogP contribution is -2.17. The summed E-state index contributed by atoms with van der Waals surface area (Å²) in [6.45, 7) is 2.04. The van der Waals surface area contributed by atoms with Crippen LogP contribution in [0.2, 0.25) is 0 Å². The highest BCUT2D eigenvalue weighted by Gasteiger charge is 2.29. The van der Waals surface area contributed by atoms with Gasteiger partial charge in [-0.3, -0.25) is 0 Å². The Balaban J connectivity index is 1.64. The first kappa shape index (κ1) is 14.0. The highest BCUT2D eigenvalue weighted by molar-refractivity contribution is 5.30. The maximum absolute atomic E-state index is 13.6. The molecule has 5 nitrogen and oxygen atoms in total. The van der Waals surface area contributed by atoms with Crippen LogP contribution in [0.25, 0.3) is 0 Å². The summed E-state index contributed by atoms with van der Waals surface area (Å²) >= 11 is 0. The Kier molecular flexibility index (Phi) is 3.88. The third-order valence-corrected chi connectivity index (χ3v) is 3.27. The van der Waals surface area contributed by atoms with Gasteiger partial charge in [0.15, 0.2) is 6.61 Å². The normalized spacial score (nSPS) is 16.0. The van der Waals surface area contributed by atoms with E-state index >= 15 is 0 Å². The minimum Gasteiger partial charge on any atom is -0.485 e. The molecule has 1 aromatic heterocycles. The Labute approximate surface area is 122 Å². The van der Waals surface area contributed by atoms with Gasteiger partial charge in [-0.25, -0.2) is 4.39 Å². The van der Waals surface area contributed by atoms with Crippen molar-refractivity contribution in [1.82, 2.24) is 10.1 Å². The molecule has 1 heterocycles. The maximum atomic E-state index is 13.6. The largest absolute Gasteiger partial charge is 0.485 e. The van der Waals surface area contributed by atoms with Gasteiger partial charge in [0.1, 0.15) is 11.6 Å². The number of hydrogen-bond donors (Lipinski definition) is 1. The van der Waals surface area contributed by atoms with Gasteiger partial charge in [-0.05, 0) is 43.9 Å². The summed E-state index contributed by atoms with van der Waals surface area (Å²) in [5.41, 5.74) is 6.54. The van der Waals surface area contributed by atoms with Gasteiger partial charge < -0.3 is 15.0 Å². The van der Waals surface area contributed by atoms with Crippen LogP contribution < -0.4 is 10.5 Å². The highest BCUT2D eigenvalue weighted by Crippen LogP contribution is 2.38. The molecule has 2 aromatic rings. The van der Waals surface area contributed by atoms with Crippen molar-refractivity contribution in [3.63, 3.8) is 0 Å². The molecule has 1 aliphatic carbocycles. The molecule has 1 fully saturated rings. The van der Waals surface area contributed by atoms with Crippen molar-refractivity contribution in [2.45, 2.75) is 44.8 Å². The number of nitrogens with zero attached hydrogens (tertiary/aromatic N) is 2. The van der Waals surface area contributed by atoms with E-state index in [0.29, 0.717) is 29.8 Å². The monoisotopic (exact) mass is 291 g/mol. The van der Waals surface area contributed by atoms with E-state index in [9.17, 15) is 4.39 Å². The lowest BCUT2D eigenvalue weighted by molar-refractivity contribution is 0.283. The number of rotatable bonds is 6. The summed E-state index contributed by atoms with van der Waals surface area (Å²) in [5.74, 6) is 1.68. The first-order valence-corrected chi connectivity index (χ1v) is 7.10. The molecule has 0 saturated heterocycles. The standard InChI is InChI=1S/C15H18FN3O2/c1-9(17)4-10-5-12(16)7-13(6-10)20-8-14-18-15(21-19-14)11-2-3-11/h5-7,9,11H,2-4,8,17H2,1H3. The van der Waals surface area contributed by atoms with Crippen molar-refractivity contribution in [3.05, 3.63) is 41.3 Å². The zero-order valence-corrected chi connectivity index (χ0v) is 11.9. The molecule has 1 aromatic carbocycles. The highest BCUT2D eigenvalue weighted by atomic mass is 19.1. The predicted molar refractivity (Wildman–Crippen MR) is 74.4 cm³/mol. The first-order valence-electron chi connectivity index (χ1n) is 7.10. The van der Waals surface area contributed by atoms with Gasteiger partial charge in [-0.2, -0.15) is 4.98 Å². The van der Waals surface area contributed by atoms with Crippen LogP contribution in [0, 0.1) is 5.82 Å². The van der Waals surface area contributed by atoms with Crippen LogP contribution in [-0.4, -0.2) is 16.2 Å². The van der Waals surface area contributed by atoms with Crippen LogP contribution in [0.15, 0.2) is 22.7 Å². The van der Waals surface area contributed by atoms with Gasteiger partial charge in [0.2, 0.25) is 11.7 Å². The Morgan fingerprint density at radius 2 is 2.24 bits per heavy atom. The van der Waals surface area contributed by atoms with E-state index < -0.39 is 0 Å². The van der Waals surface area contributed by atoms with Crippen LogP contribution >= 0.6 is 0 Å². The molecular formula is C15H18FN3O2. The quantitative estimate of drug-likeness (QED) is 0.885. The molecule has 112 valence electrons. The van der Waals surface area contributed by atoms with Crippen LogP contribution in [0.5, 0.6) is 5.75 Å². The van der Waals surface area contributed by atoms with Gasteiger partial charge in [-0.1, -0.05) is 5.16 Å². The average Bonchev–Trinajstić information content (AvgIpc) is 3.14. The van der Waals surface area contributed by atoms with Crippen LogP contribution in [-0.2, 0) is 13.0 Å². The Morgan fingerprint density at radius 3 is 2.95 bits per heavy atom. The maximum Gasteiger partial charge on any atom is 0.229 e. The van der Waals surface area contributed by atoms with E-state index in [0.717, 1.165) is 18.4 Å². The van der Waals surface area contributed by atoms with Crippen LogP contribution in [0.4, 0.5) is 4.39 Å². The topological polar surface area (TPSA) is 74.2 Å². The van der Waals surface area contributed by atoms with Gasteiger partial charge in [0, 0.05) is 18.0 Å². The molecule has 2 N–H and O–H groups in total.